The number of sulfonamides is 1. The summed E-state index contributed by atoms with van der Waals surface area (Å²) >= 11 is 5.33. The van der Waals surface area contributed by atoms with Crippen LogP contribution in [0.2, 0.25) is 0 Å². The minimum atomic E-state index is -3.99. The van der Waals surface area contributed by atoms with Crippen molar-refractivity contribution in [1.82, 2.24) is 9.62 Å². The van der Waals surface area contributed by atoms with Crippen LogP contribution in [0.1, 0.15) is 13.8 Å². The zero-order valence-corrected chi connectivity index (χ0v) is 18.4. The first kappa shape index (κ1) is 23.1. The Morgan fingerprint density at radius 1 is 1.34 bits per heavy atom. The largest absolute Gasteiger partial charge is 0.481 e. The van der Waals surface area contributed by atoms with Gasteiger partial charge in [-0.15, -0.1) is 0 Å². The Balaban J connectivity index is 2.21. The molecule has 2 rings (SSSR count). The highest BCUT2D eigenvalue weighted by atomic mass is 32.2. The third kappa shape index (κ3) is 5.45. The first-order chi connectivity index (χ1) is 13.6. The minimum absolute atomic E-state index is 0.0229. The van der Waals surface area contributed by atoms with Crippen molar-refractivity contribution in [3.63, 3.8) is 0 Å². The smallest absolute Gasteiger partial charge is 0.336 e. The van der Waals surface area contributed by atoms with Crippen LogP contribution in [-0.2, 0) is 24.3 Å². The van der Waals surface area contributed by atoms with Gasteiger partial charge in [0.15, 0.2) is 6.10 Å². The van der Waals surface area contributed by atoms with Crippen molar-refractivity contribution < 1.29 is 27.4 Å². The number of hydrogen-bond donors (Lipinski definition) is 1. The lowest BCUT2D eigenvalue weighted by molar-refractivity contribution is -0.162. The van der Waals surface area contributed by atoms with Crippen molar-refractivity contribution in [1.29, 1.82) is 0 Å². The van der Waals surface area contributed by atoms with Gasteiger partial charge in [0.25, 0.3) is 10.0 Å². The van der Waals surface area contributed by atoms with E-state index in [0.717, 1.165) is 4.31 Å². The van der Waals surface area contributed by atoms with Crippen LogP contribution < -0.4 is 10.1 Å². The number of benzene rings is 1. The molecular weight excluding hydrogens is 416 g/mol. The van der Waals surface area contributed by atoms with Crippen LogP contribution in [-0.4, -0.2) is 69.2 Å². The molecule has 1 unspecified atom stereocenters. The van der Waals surface area contributed by atoms with Crippen LogP contribution in [0.3, 0.4) is 0 Å². The standard InChI is InChI=1S/C19H24N2O6S2/c1-19(2)18(28)21(13-16(27-19)17(22)25-4)29(23,24)15-9-7-14(8-10-15)26-12-6-5-11-20-3/h7-10,16,20H,11-13H2,1-4H3. The van der Waals surface area contributed by atoms with E-state index in [0.29, 0.717) is 12.3 Å². The van der Waals surface area contributed by atoms with Crippen molar-refractivity contribution in [2.24, 2.45) is 0 Å². The lowest BCUT2D eigenvalue weighted by Gasteiger charge is -2.42. The van der Waals surface area contributed by atoms with E-state index in [-0.39, 0.29) is 23.0 Å². The highest BCUT2D eigenvalue weighted by Gasteiger charge is 2.46. The normalized spacial score (nSPS) is 18.6. The summed E-state index contributed by atoms with van der Waals surface area (Å²) in [4.78, 5) is 12.0. The molecule has 1 aliphatic rings. The molecule has 1 fully saturated rings. The Morgan fingerprint density at radius 2 is 2.00 bits per heavy atom. The highest BCUT2D eigenvalue weighted by Crippen LogP contribution is 2.30. The minimum Gasteiger partial charge on any atom is -0.481 e. The summed E-state index contributed by atoms with van der Waals surface area (Å²) in [5, 5.41) is 2.90. The maximum atomic E-state index is 13.1. The molecule has 29 heavy (non-hydrogen) atoms. The second-order valence-electron chi connectivity index (χ2n) is 6.63. The van der Waals surface area contributed by atoms with E-state index in [1.165, 1.54) is 19.2 Å². The van der Waals surface area contributed by atoms with Crippen LogP contribution in [0.15, 0.2) is 29.2 Å². The molecule has 0 amide bonds. The van der Waals surface area contributed by atoms with Crippen LogP contribution in [0.25, 0.3) is 0 Å². The summed E-state index contributed by atoms with van der Waals surface area (Å²) in [5.74, 6) is 5.52. The molecule has 1 aromatic rings. The summed E-state index contributed by atoms with van der Waals surface area (Å²) < 4.78 is 43.1. The first-order valence-corrected chi connectivity index (χ1v) is 10.6. The lowest BCUT2D eigenvalue weighted by atomic mass is 10.1. The first-order valence-electron chi connectivity index (χ1n) is 8.79. The Morgan fingerprint density at radius 3 is 2.59 bits per heavy atom. The van der Waals surface area contributed by atoms with Gasteiger partial charge in [0, 0.05) is 0 Å². The number of methoxy groups -OCH3 is 1. The molecule has 0 saturated carbocycles. The molecule has 1 aromatic carbocycles. The second kappa shape index (κ2) is 9.54. The predicted molar refractivity (Wildman–Crippen MR) is 111 cm³/mol. The van der Waals surface area contributed by atoms with Crippen molar-refractivity contribution in [3.05, 3.63) is 24.3 Å². The molecule has 0 aliphatic carbocycles. The van der Waals surface area contributed by atoms with E-state index < -0.39 is 27.7 Å². The zero-order valence-electron chi connectivity index (χ0n) is 16.7. The molecule has 158 valence electrons. The van der Waals surface area contributed by atoms with E-state index in [9.17, 15) is 13.2 Å². The van der Waals surface area contributed by atoms with Gasteiger partial charge in [-0.3, -0.25) is 4.31 Å². The molecule has 8 nitrogen and oxygen atoms in total. The molecule has 0 aromatic heterocycles. The fourth-order valence-corrected chi connectivity index (χ4v) is 4.52. The number of morpholine rings is 1. The maximum Gasteiger partial charge on any atom is 0.336 e. The van der Waals surface area contributed by atoms with Crippen molar-refractivity contribution in [2.45, 2.75) is 30.4 Å². The van der Waals surface area contributed by atoms with Gasteiger partial charge in [0.2, 0.25) is 0 Å². The van der Waals surface area contributed by atoms with Crippen molar-refractivity contribution in [2.75, 3.05) is 33.9 Å². The number of rotatable bonds is 6. The van der Waals surface area contributed by atoms with Gasteiger partial charge in [-0.25, -0.2) is 13.2 Å². The van der Waals surface area contributed by atoms with Crippen LogP contribution in [0.4, 0.5) is 0 Å². The van der Waals surface area contributed by atoms with Crippen LogP contribution >= 0.6 is 12.2 Å². The van der Waals surface area contributed by atoms with E-state index in [1.807, 2.05) is 0 Å². The average molecular weight is 441 g/mol. The van der Waals surface area contributed by atoms with Crippen molar-refractivity contribution >= 4 is 33.2 Å². The highest BCUT2D eigenvalue weighted by molar-refractivity contribution is 7.91. The molecule has 0 spiro atoms. The quantitative estimate of drug-likeness (QED) is 0.397. The number of carbonyl (C=O) groups excluding carboxylic acids is 1. The molecule has 1 saturated heterocycles. The lowest BCUT2D eigenvalue weighted by Crippen LogP contribution is -2.59. The van der Waals surface area contributed by atoms with Gasteiger partial charge < -0.3 is 19.5 Å². The number of nitrogens with one attached hydrogen (secondary N) is 1. The summed E-state index contributed by atoms with van der Waals surface area (Å²) in [5.41, 5.74) is -1.13. The summed E-state index contributed by atoms with van der Waals surface area (Å²) in [6.45, 7) is 3.72. The topological polar surface area (TPSA) is 94.2 Å². The fraction of sp³-hybridized carbons (Fsp3) is 0.474. The van der Waals surface area contributed by atoms with E-state index in [2.05, 4.69) is 17.2 Å². The van der Waals surface area contributed by atoms with Gasteiger partial charge in [0.05, 0.1) is 25.1 Å². The van der Waals surface area contributed by atoms with Crippen LogP contribution in [0.5, 0.6) is 5.75 Å². The van der Waals surface area contributed by atoms with Gasteiger partial charge in [-0.2, -0.15) is 0 Å². The third-order valence-corrected chi connectivity index (χ3v) is 6.69. The van der Waals surface area contributed by atoms with Crippen LogP contribution in [0, 0.1) is 11.8 Å². The number of nitrogens with zero attached hydrogens (tertiary/aromatic N) is 1. The monoisotopic (exact) mass is 440 g/mol. The molecule has 1 N–H and O–H groups in total. The maximum absolute atomic E-state index is 13.1. The van der Waals surface area contributed by atoms with E-state index >= 15 is 0 Å². The fourth-order valence-electron chi connectivity index (χ4n) is 2.59. The molecule has 1 atom stereocenters. The summed E-state index contributed by atoms with van der Waals surface area (Å²) in [7, 11) is -0.984. The second-order valence-corrected chi connectivity index (χ2v) is 8.87. The number of thiocarbonyl (C=S) groups is 1. The van der Waals surface area contributed by atoms with E-state index in [4.69, 9.17) is 26.4 Å². The predicted octanol–water partition coefficient (Wildman–Crippen LogP) is 0.957. The molecule has 0 bridgehead atoms. The molecular formula is C19H24N2O6S2. The Kier molecular flexibility index (Phi) is 7.60. The van der Waals surface area contributed by atoms with Gasteiger partial charge in [-0.1, -0.05) is 24.1 Å². The number of esters is 1. The van der Waals surface area contributed by atoms with Gasteiger partial charge >= 0.3 is 5.97 Å². The van der Waals surface area contributed by atoms with E-state index in [1.54, 1.807) is 33.0 Å². The summed E-state index contributed by atoms with van der Waals surface area (Å²) in [6, 6.07) is 5.92. The molecule has 0 radical (unpaired) electrons. The zero-order chi connectivity index (χ0) is 21.7. The van der Waals surface area contributed by atoms with Gasteiger partial charge in [-0.05, 0) is 45.2 Å². The number of hydrogen-bond acceptors (Lipinski definition) is 8. The SMILES string of the molecule is CNCC#CCOc1ccc(S(=O)(=O)N2CC(C(=O)OC)OC(C)(C)C2=S)cc1. The Bertz CT molecular complexity index is 916. The molecule has 10 heteroatoms. The van der Waals surface area contributed by atoms with Gasteiger partial charge in [0.1, 0.15) is 22.9 Å². The molecule has 1 aliphatic heterocycles. The number of ether oxygens (including phenoxy) is 3. The number of carbonyl (C=O) groups is 1. The van der Waals surface area contributed by atoms with Crippen molar-refractivity contribution in [3.8, 4) is 17.6 Å². The average Bonchev–Trinajstić information content (AvgIpc) is 2.69. The molecule has 1 heterocycles. The third-order valence-electron chi connectivity index (χ3n) is 4.09. The Hall–Kier alpha value is -2.19. The summed E-state index contributed by atoms with van der Waals surface area (Å²) in [6.07, 6.45) is -1.07. The Labute approximate surface area is 176 Å².